The van der Waals surface area contributed by atoms with Crippen molar-refractivity contribution >= 4 is 22.6 Å². The number of pyridine rings is 1. The molecule has 7 heteroatoms. The van der Waals surface area contributed by atoms with Crippen LogP contribution in [0.5, 0.6) is 0 Å². The number of alkyl carbamates (subject to hydrolysis) is 1. The molecule has 0 spiro atoms. The average molecular weight is 383 g/mol. The van der Waals surface area contributed by atoms with Crippen LogP contribution in [-0.2, 0) is 11.3 Å². The SMILES string of the molecule is CC(C)(C)OC(=O)NCc1cc2ccn(-c3ccc(N)cc3)c(=O)c2cc1F. The van der Waals surface area contributed by atoms with Gasteiger partial charge in [0.2, 0.25) is 0 Å². The maximum atomic E-state index is 14.5. The lowest BCUT2D eigenvalue weighted by atomic mass is 10.1. The number of nitrogens with two attached hydrogens (primary N) is 1. The largest absolute Gasteiger partial charge is 0.444 e. The van der Waals surface area contributed by atoms with Gasteiger partial charge in [-0.05, 0) is 68.6 Å². The number of nitrogens with one attached hydrogen (secondary N) is 1. The van der Waals surface area contributed by atoms with E-state index >= 15 is 0 Å². The first-order chi connectivity index (χ1) is 13.1. The van der Waals surface area contributed by atoms with Gasteiger partial charge < -0.3 is 15.8 Å². The van der Waals surface area contributed by atoms with E-state index < -0.39 is 17.5 Å². The summed E-state index contributed by atoms with van der Waals surface area (Å²) in [6, 6.07) is 11.3. The zero-order valence-electron chi connectivity index (χ0n) is 16.0. The molecule has 3 rings (SSSR count). The summed E-state index contributed by atoms with van der Waals surface area (Å²) in [5.41, 5.74) is 6.19. The number of rotatable bonds is 3. The fourth-order valence-electron chi connectivity index (χ4n) is 2.77. The number of hydrogen-bond donors (Lipinski definition) is 2. The Morgan fingerprint density at radius 1 is 1.18 bits per heavy atom. The van der Waals surface area contributed by atoms with Crippen molar-refractivity contribution in [1.29, 1.82) is 0 Å². The van der Waals surface area contributed by atoms with E-state index in [-0.39, 0.29) is 23.1 Å². The zero-order valence-corrected chi connectivity index (χ0v) is 16.0. The summed E-state index contributed by atoms with van der Waals surface area (Å²) in [5.74, 6) is -0.573. The molecule has 0 bridgehead atoms. The highest BCUT2D eigenvalue weighted by molar-refractivity contribution is 5.82. The maximum Gasteiger partial charge on any atom is 0.407 e. The highest BCUT2D eigenvalue weighted by atomic mass is 19.1. The molecule has 1 amide bonds. The Morgan fingerprint density at radius 3 is 2.50 bits per heavy atom. The summed E-state index contributed by atoms with van der Waals surface area (Å²) in [5, 5.41) is 3.35. The molecule has 0 radical (unpaired) electrons. The van der Waals surface area contributed by atoms with E-state index in [2.05, 4.69) is 5.32 Å². The van der Waals surface area contributed by atoms with E-state index in [1.54, 1.807) is 63.4 Å². The van der Waals surface area contributed by atoms with Gasteiger partial charge in [0.05, 0.1) is 5.39 Å². The van der Waals surface area contributed by atoms with E-state index in [0.29, 0.717) is 16.8 Å². The molecule has 1 heterocycles. The lowest BCUT2D eigenvalue weighted by Gasteiger charge is -2.19. The van der Waals surface area contributed by atoms with Gasteiger partial charge in [-0.1, -0.05) is 0 Å². The number of carbonyl (C=O) groups excluding carboxylic acids is 1. The monoisotopic (exact) mass is 383 g/mol. The number of hydrogen-bond acceptors (Lipinski definition) is 4. The van der Waals surface area contributed by atoms with Crippen LogP contribution < -0.4 is 16.6 Å². The number of anilines is 1. The molecule has 6 nitrogen and oxygen atoms in total. The van der Waals surface area contributed by atoms with Crippen LogP contribution in [0.3, 0.4) is 0 Å². The topological polar surface area (TPSA) is 86.3 Å². The third-order valence-electron chi connectivity index (χ3n) is 4.06. The number of carbonyl (C=O) groups is 1. The molecule has 2 aromatic carbocycles. The van der Waals surface area contributed by atoms with Gasteiger partial charge in [-0.3, -0.25) is 9.36 Å². The number of benzene rings is 2. The van der Waals surface area contributed by atoms with Gasteiger partial charge in [-0.25, -0.2) is 9.18 Å². The summed E-state index contributed by atoms with van der Waals surface area (Å²) in [7, 11) is 0. The summed E-state index contributed by atoms with van der Waals surface area (Å²) in [6.07, 6.45) is 0.991. The number of nitrogens with zero attached hydrogens (tertiary/aromatic N) is 1. The Kier molecular flexibility index (Phi) is 5.09. The Balaban J connectivity index is 1.90. The summed E-state index contributed by atoms with van der Waals surface area (Å²) in [6.45, 7) is 5.19. The van der Waals surface area contributed by atoms with Crippen LogP contribution in [0.2, 0.25) is 0 Å². The maximum absolute atomic E-state index is 14.5. The van der Waals surface area contributed by atoms with Gasteiger partial charge in [-0.15, -0.1) is 0 Å². The number of aromatic nitrogens is 1. The van der Waals surface area contributed by atoms with Crippen LogP contribution in [0.25, 0.3) is 16.5 Å². The number of halogens is 1. The third kappa shape index (κ3) is 4.31. The molecule has 0 aliphatic carbocycles. The molecule has 0 saturated carbocycles. The van der Waals surface area contributed by atoms with Crippen LogP contribution in [0.15, 0.2) is 53.5 Å². The number of fused-ring (bicyclic) bond motifs is 1. The summed E-state index contributed by atoms with van der Waals surface area (Å²) >= 11 is 0. The minimum atomic E-state index is -0.640. The van der Waals surface area contributed by atoms with Gasteiger partial charge in [-0.2, -0.15) is 0 Å². The Bertz CT molecular complexity index is 1080. The van der Waals surface area contributed by atoms with Gasteiger partial charge in [0.15, 0.2) is 0 Å². The van der Waals surface area contributed by atoms with Crippen LogP contribution in [0.4, 0.5) is 14.9 Å². The van der Waals surface area contributed by atoms with Crippen molar-refractivity contribution < 1.29 is 13.9 Å². The number of amides is 1. The van der Waals surface area contributed by atoms with Crippen molar-refractivity contribution in [3.05, 3.63) is 70.4 Å². The fourth-order valence-corrected chi connectivity index (χ4v) is 2.77. The highest BCUT2D eigenvalue weighted by Crippen LogP contribution is 2.18. The van der Waals surface area contributed by atoms with Crippen molar-refractivity contribution in [2.24, 2.45) is 0 Å². The number of ether oxygens (including phenoxy) is 1. The normalized spacial score (nSPS) is 11.4. The molecule has 28 heavy (non-hydrogen) atoms. The molecular formula is C21H22FN3O3. The zero-order chi connectivity index (χ0) is 20.5. The van der Waals surface area contributed by atoms with Crippen molar-refractivity contribution in [1.82, 2.24) is 9.88 Å². The standard InChI is InChI=1S/C21H22FN3O3/c1-21(2,3)28-20(27)24-12-14-10-13-8-9-25(16-6-4-15(23)5-7-16)19(26)17(13)11-18(14)22/h4-11H,12,23H2,1-3H3,(H,24,27). The number of nitrogen functional groups attached to an aromatic ring is 1. The minimum absolute atomic E-state index is 0.0439. The van der Waals surface area contributed by atoms with Gasteiger partial charge in [0, 0.05) is 29.7 Å². The fraction of sp³-hybridized carbons (Fsp3) is 0.238. The molecule has 3 N–H and O–H groups in total. The van der Waals surface area contributed by atoms with Crippen molar-refractivity contribution in [3.8, 4) is 5.69 Å². The Hall–Kier alpha value is -3.35. The third-order valence-corrected chi connectivity index (χ3v) is 4.06. The first-order valence-electron chi connectivity index (χ1n) is 8.80. The molecule has 146 valence electrons. The van der Waals surface area contributed by atoms with Crippen molar-refractivity contribution in [2.75, 3.05) is 5.73 Å². The van der Waals surface area contributed by atoms with Crippen LogP contribution in [0, 0.1) is 5.82 Å². The van der Waals surface area contributed by atoms with Crippen LogP contribution in [0.1, 0.15) is 26.3 Å². The Morgan fingerprint density at radius 2 is 1.86 bits per heavy atom. The molecule has 0 aliphatic heterocycles. The predicted octanol–water partition coefficient (Wildman–Crippen LogP) is 3.74. The minimum Gasteiger partial charge on any atom is -0.444 e. The average Bonchev–Trinajstić information content (AvgIpc) is 2.60. The quantitative estimate of drug-likeness (QED) is 0.675. The molecule has 1 aromatic heterocycles. The van der Waals surface area contributed by atoms with Gasteiger partial charge in [0.25, 0.3) is 5.56 Å². The van der Waals surface area contributed by atoms with Crippen LogP contribution >= 0.6 is 0 Å². The molecule has 0 aliphatic rings. The highest BCUT2D eigenvalue weighted by Gasteiger charge is 2.17. The smallest absolute Gasteiger partial charge is 0.407 e. The van der Waals surface area contributed by atoms with E-state index in [1.807, 2.05) is 0 Å². The van der Waals surface area contributed by atoms with Crippen molar-refractivity contribution in [3.63, 3.8) is 0 Å². The van der Waals surface area contributed by atoms with E-state index in [9.17, 15) is 14.0 Å². The van der Waals surface area contributed by atoms with E-state index in [0.717, 1.165) is 0 Å². The lowest BCUT2D eigenvalue weighted by Crippen LogP contribution is -2.32. The second-order valence-corrected chi connectivity index (χ2v) is 7.47. The second-order valence-electron chi connectivity index (χ2n) is 7.47. The second kappa shape index (κ2) is 7.34. The predicted molar refractivity (Wildman–Crippen MR) is 107 cm³/mol. The molecule has 0 unspecified atom stereocenters. The van der Waals surface area contributed by atoms with Crippen molar-refractivity contribution in [2.45, 2.75) is 32.9 Å². The molecule has 3 aromatic rings. The van der Waals surface area contributed by atoms with Gasteiger partial charge >= 0.3 is 6.09 Å². The molecular weight excluding hydrogens is 361 g/mol. The first kappa shape index (κ1) is 19.4. The van der Waals surface area contributed by atoms with Gasteiger partial charge in [0.1, 0.15) is 11.4 Å². The van der Waals surface area contributed by atoms with E-state index in [4.69, 9.17) is 10.5 Å². The summed E-state index contributed by atoms with van der Waals surface area (Å²) in [4.78, 5) is 24.5. The van der Waals surface area contributed by atoms with E-state index in [1.165, 1.54) is 10.6 Å². The summed E-state index contributed by atoms with van der Waals surface area (Å²) < 4.78 is 21.1. The first-order valence-corrected chi connectivity index (χ1v) is 8.80. The molecule has 0 atom stereocenters. The molecule has 0 fully saturated rings. The van der Waals surface area contributed by atoms with Crippen LogP contribution in [-0.4, -0.2) is 16.3 Å². The molecule has 0 saturated heterocycles. The Labute approximate surface area is 161 Å². The lowest BCUT2D eigenvalue weighted by molar-refractivity contribution is 0.0523.